The fourth-order valence-corrected chi connectivity index (χ4v) is 3.24. The first kappa shape index (κ1) is 15.9. The fourth-order valence-electron chi connectivity index (χ4n) is 2.16. The summed E-state index contributed by atoms with van der Waals surface area (Å²) in [5, 5.41) is 0. The van der Waals surface area contributed by atoms with Crippen LogP contribution in [-0.4, -0.2) is 68.1 Å². The Hall–Kier alpha value is -1.51. The molecule has 1 heterocycles. The molecule has 0 aliphatic carbocycles. The lowest BCUT2D eigenvalue weighted by Gasteiger charge is -2.35. The van der Waals surface area contributed by atoms with Gasteiger partial charge in [-0.3, -0.25) is 4.79 Å². The van der Waals surface area contributed by atoms with Crippen molar-refractivity contribution >= 4 is 16.1 Å². The van der Waals surface area contributed by atoms with Crippen LogP contribution < -0.4 is 0 Å². The predicted molar refractivity (Wildman–Crippen MR) is 76.5 cm³/mol. The second-order valence-corrected chi connectivity index (χ2v) is 7.10. The van der Waals surface area contributed by atoms with Crippen molar-refractivity contribution in [3.8, 4) is 0 Å². The molecule has 0 aromatic heterocycles. The number of hydrogen-bond acceptors (Lipinski definition) is 3. The van der Waals surface area contributed by atoms with Crippen LogP contribution in [-0.2, 0) is 10.2 Å². The molecule has 0 unspecified atom stereocenters. The SMILES string of the molecule is CN(C)S(=O)(=O)N1CCN(C(=O)c2ccccc2F)CC1. The lowest BCUT2D eigenvalue weighted by atomic mass is 10.1. The van der Waals surface area contributed by atoms with Crippen LogP contribution in [0.4, 0.5) is 4.39 Å². The quantitative estimate of drug-likeness (QED) is 0.811. The van der Waals surface area contributed by atoms with Gasteiger partial charge in [-0.15, -0.1) is 0 Å². The Bertz CT molecular complexity index is 625. The Labute approximate surface area is 123 Å². The molecule has 1 fully saturated rings. The van der Waals surface area contributed by atoms with Crippen LogP contribution in [0.3, 0.4) is 0 Å². The normalized spacial score (nSPS) is 17.2. The molecule has 1 saturated heterocycles. The summed E-state index contributed by atoms with van der Waals surface area (Å²) >= 11 is 0. The average Bonchev–Trinajstić information content (AvgIpc) is 2.47. The third-order valence-electron chi connectivity index (χ3n) is 3.42. The lowest BCUT2D eigenvalue weighted by molar-refractivity contribution is 0.0690. The Balaban J connectivity index is 2.05. The van der Waals surface area contributed by atoms with Crippen molar-refractivity contribution < 1.29 is 17.6 Å². The topological polar surface area (TPSA) is 60.9 Å². The van der Waals surface area contributed by atoms with Crippen molar-refractivity contribution in [2.75, 3.05) is 40.3 Å². The molecule has 1 amide bonds. The highest BCUT2D eigenvalue weighted by atomic mass is 32.2. The first-order chi connectivity index (χ1) is 9.84. The van der Waals surface area contributed by atoms with Gasteiger partial charge in [0.2, 0.25) is 0 Å². The fraction of sp³-hybridized carbons (Fsp3) is 0.462. The van der Waals surface area contributed by atoms with Gasteiger partial charge in [0.05, 0.1) is 5.56 Å². The molecule has 8 heteroatoms. The molecule has 0 spiro atoms. The van der Waals surface area contributed by atoms with Gasteiger partial charge in [-0.1, -0.05) is 12.1 Å². The van der Waals surface area contributed by atoms with Crippen LogP contribution in [0, 0.1) is 5.82 Å². The minimum absolute atomic E-state index is 0.0152. The molecule has 21 heavy (non-hydrogen) atoms. The van der Waals surface area contributed by atoms with E-state index >= 15 is 0 Å². The van der Waals surface area contributed by atoms with Gasteiger partial charge < -0.3 is 4.90 Å². The minimum Gasteiger partial charge on any atom is -0.336 e. The van der Waals surface area contributed by atoms with E-state index < -0.39 is 21.9 Å². The molecule has 1 aromatic rings. The molecule has 116 valence electrons. The van der Waals surface area contributed by atoms with Crippen molar-refractivity contribution in [2.24, 2.45) is 0 Å². The predicted octanol–water partition coefficient (Wildman–Crippen LogP) is 0.390. The molecule has 2 rings (SSSR count). The average molecular weight is 315 g/mol. The number of carbonyl (C=O) groups excluding carboxylic acids is 1. The molecule has 0 saturated carbocycles. The third kappa shape index (κ3) is 3.22. The number of carbonyl (C=O) groups is 1. The maximum Gasteiger partial charge on any atom is 0.281 e. The van der Waals surface area contributed by atoms with E-state index in [0.717, 1.165) is 4.31 Å². The van der Waals surface area contributed by atoms with Crippen LogP contribution in [0.5, 0.6) is 0 Å². The van der Waals surface area contributed by atoms with Gasteiger partial charge in [0.15, 0.2) is 0 Å². The van der Waals surface area contributed by atoms with E-state index in [2.05, 4.69) is 0 Å². The van der Waals surface area contributed by atoms with Crippen LogP contribution >= 0.6 is 0 Å². The second kappa shape index (κ2) is 6.08. The summed E-state index contributed by atoms with van der Waals surface area (Å²) in [5.74, 6) is -0.971. The van der Waals surface area contributed by atoms with Crippen molar-refractivity contribution in [3.05, 3.63) is 35.6 Å². The van der Waals surface area contributed by atoms with Gasteiger partial charge in [0.25, 0.3) is 16.1 Å². The molecule has 0 N–H and O–H groups in total. The number of nitrogens with zero attached hydrogens (tertiary/aromatic N) is 3. The smallest absolute Gasteiger partial charge is 0.281 e. The van der Waals surface area contributed by atoms with E-state index in [1.807, 2.05) is 0 Å². The maximum atomic E-state index is 13.6. The largest absolute Gasteiger partial charge is 0.336 e. The molecule has 1 aliphatic rings. The zero-order valence-electron chi connectivity index (χ0n) is 12.0. The number of hydrogen-bond donors (Lipinski definition) is 0. The van der Waals surface area contributed by atoms with Gasteiger partial charge in [-0.05, 0) is 12.1 Å². The molecule has 0 atom stereocenters. The van der Waals surface area contributed by atoms with Gasteiger partial charge in [-0.25, -0.2) is 4.39 Å². The monoisotopic (exact) mass is 315 g/mol. The second-order valence-electron chi connectivity index (χ2n) is 4.96. The standard InChI is InChI=1S/C13H18FN3O3S/c1-15(2)21(19,20)17-9-7-16(8-10-17)13(18)11-5-3-4-6-12(11)14/h3-6H,7-10H2,1-2H3. The van der Waals surface area contributed by atoms with Crippen molar-refractivity contribution in [1.82, 2.24) is 13.5 Å². The summed E-state index contributed by atoms with van der Waals surface area (Å²) in [6.07, 6.45) is 0. The van der Waals surface area contributed by atoms with E-state index in [9.17, 15) is 17.6 Å². The van der Waals surface area contributed by atoms with Gasteiger partial charge in [-0.2, -0.15) is 17.0 Å². The molecule has 1 aliphatic heterocycles. The number of amides is 1. The van der Waals surface area contributed by atoms with Crippen LogP contribution in [0.1, 0.15) is 10.4 Å². The maximum absolute atomic E-state index is 13.6. The van der Waals surface area contributed by atoms with Crippen LogP contribution in [0.15, 0.2) is 24.3 Å². The molecular weight excluding hydrogens is 297 g/mol. The van der Waals surface area contributed by atoms with Crippen molar-refractivity contribution in [3.63, 3.8) is 0 Å². The minimum atomic E-state index is -3.47. The highest BCUT2D eigenvalue weighted by molar-refractivity contribution is 7.86. The summed E-state index contributed by atoms with van der Waals surface area (Å²) in [5.41, 5.74) is 0.0152. The third-order valence-corrected chi connectivity index (χ3v) is 5.36. The lowest BCUT2D eigenvalue weighted by Crippen LogP contribution is -2.53. The summed E-state index contributed by atoms with van der Waals surface area (Å²) in [7, 11) is -0.538. The Morgan fingerprint density at radius 1 is 1.14 bits per heavy atom. The number of piperazine rings is 1. The summed E-state index contributed by atoms with van der Waals surface area (Å²) in [6.45, 7) is 0.919. The number of rotatable bonds is 3. The molecule has 0 radical (unpaired) electrons. The molecule has 0 bridgehead atoms. The summed E-state index contributed by atoms with van der Waals surface area (Å²) in [6, 6.07) is 5.79. The van der Waals surface area contributed by atoms with E-state index in [1.165, 1.54) is 41.5 Å². The van der Waals surface area contributed by atoms with E-state index in [1.54, 1.807) is 6.07 Å². The van der Waals surface area contributed by atoms with E-state index in [4.69, 9.17) is 0 Å². The van der Waals surface area contributed by atoms with Gasteiger partial charge >= 0.3 is 0 Å². The molecule has 6 nitrogen and oxygen atoms in total. The van der Waals surface area contributed by atoms with Crippen molar-refractivity contribution in [2.45, 2.75) is 0 Å². The first-order valence-electron chi connectivity index (χ1n) is 6.55. The number of benzene rings is 1. The van der Waals surface area contributed by atoms with Gasteiger partial charge in [0.1, 0.15) is 5.82 Å². The van der Waals surface area contributed by atoms with Crippen LogP contribution in [0.25, 0.3) is 0 Å². The first-order valence-corrected chi connectivity index (χ1v) is 7.95. The van der Waals surface area contributed by atoms with Crippen LogP contribution in [0.2, 0.25) is 0 Å². The Kier molecular flexibility index (Phi) is 4.60. The van der Waals surface area contributed by atoms with E-state index in [0.29, 0.717) is 0 Å². The summed E-state index contributed by atoms with van der Waals surface area (Å²) < 4.78 is 40.0. The Morgan fingerprint density at radius 3 is 2.24 bits per heavy atom. The number of halogens is 1. The molecule has 1 aromatic carbocycles. The molecular formula is C13H18FN3O3S. The summed E-state index contributed by atoms with van der Waals surface area (Å²) in [4.78, 5) is 13.7. The highest BCUT2D eigenvalue weighted by Crippen LogP contribution is 2.14. The van der Waals surface area contributed by atoms with Crippen molar-refractivity contribution in [1.29, 1.82) is 0 Å². The van der Waals surface area contributed by atoms with Gasteiger partial charge in [0, 0.05) is 40.3 Å². The highest BCUT2D eigenvalue weighted by Gasteiger charge is 2.31. The Morgan fingerprint density at radius 2 is 1.71 bits per heavy atom. The zero-order valence-corrected chi connectivity index (χ0v) is 12.8. The zero-order chi connectivity index (χ0) is 15.6. The van der Waals surface area contributed by atoms with E-state index in [-0.39, 0.29) is 31.7 Å².